The van der Waals surface area contributed by atoms with Gasteiger partial charge in [-0.3, -0.25) is 4.79 Å². The molecule has 0 fully saturated rings. The molecule has 1 unspecified atom stereocenters. The zero-order chi connectivity index (χ0) is 12.1. The van der Waals surface area contributed by atoms with E-state index in [1.165, 1.54) is 0 Å². The summed E-state index contributed by atoms with van der Waals surface area (Å²) >= 11 is 0. The topological polar surface area (TPSA) is 55.4 Å². The normalized spacial score (nSPS) is 13.6. The van der Waals surface area contributed by atoms with Gasteiger partial charge in [0.2, 0.25) is 6.41 Å². The molecular weight excluding hydrogens is 188 g/mol. The average molecular weight is 208 g/mol. The standard InChI is InChI=1S/C10H16N2O.C2H4/c1-3-4-5-9(2)6-7-10(11)12-8-13;1-2/h4-9H,3H2,1-2H3,(H2,11,12,13);1-2H2/b5-4-,7-6-;. The molecule has 0 aliphatic carbocycles. The molecule has 1 amide bonds. The molecule has 0 saturated carbocycles. The fraction of sp³-hybridized carbons (Fsp3) is 0.333. The Kier molecular flexibility index (Phi) is 13.0. The SMILES string of the molecule is C=C.CC/C=C\C(C)/C=C\C(N)=NC=O. The van der Waals surface area contributed by atoms with Crippen LogP contribution in [0.2, 0.25) is 0 Å². The maximum absolute atomic E-state index is 9.92. The molecule has 0 aromatic heterocycles. The molecule has 0 aliphatic heterocycles. The minimum atomic E-state index is 0.242. The van der Waals surface area contributed by atoms with E-state index in [0.29, 0.717) is 12.3 Å². The first kappa shape index (κ1) is 15.8. The van der Waals surface area contributed by atoms with Crippen molar-refractivity contribution in [3.8, 4) is 0 Å². The van der Waals surface area contributed by atoms with Crippen LogP contribution in [0, 0.1) is 5.92 Å². The van der Waals surface area contributed by atoms with Gasteiger partial charge in [-0.1, -0.05) is 32.1 Å². The number of carbonyl (C=O) groups is 1. The van der Waals surface area contributed by atoms with Gasteiger partial charge in [0.15, 0.2) is 0 Å². The Morgan fingerprint density at radius 3 is 2.53 bits per heavy atom. The average Bonchev–Trinajstić information content (AvgIpc) is 2.26. The van der Waals surface area contributed by atoms with Crippen molar-refractivity contribution >= 4 is 12.2 Å². The zero-order valence-electron chi connectivity index (χ0n) is 9.52. The van der Waals surface area contributed by atoms with Crippen LogP contribution >= 0.6 is 0 Å². The van der Waals surface area contributed by atoms with Gasteiger partial charge in [0.05, 0.1) is 0 Å². The molecule has 0 aromatic rings. The number of hydrogen-bond acceptors (Lipinski definition) is 1. The summed E-state index contributed by atoms with van der Waals surface area (Å²) in [6, 6.07) is 0. The van der Waals surface area contributed by atoms with E-state index in [4.69, 9.17) is 5.73 Å². The Morgan fingerprint density at radius 1 is 1.47 bits per heavy atom. The Bertz CT molecular complexity index is 242. The first-order chi connectivity index (χ1) is 7.20. The molecule has 0 aromatic carbocycles. The van der Waals surface area contributed by atoms with E-state index >= 15 is 0 Å². The van der Waals surface area contributed by atoms with Crippen LogP contribution in [-0.4, -0.2) is 12.2 Å². The van der Waals surface area contributed by atoms with Gasteiger partial charge in [-0.15, -0.1) is 13.2 Å². The summed E-state index contributed by atoms with van der Waals surface area (Å²) < 4.78 is 0. The molecule has 0 aliphatic rings. The maximum atomic E-state index is 9.92. The van der Waals surface area contributed by atoms with E-state index in [9.17, 15) is 4.79 Å². The summed E-state index contributed by atoms with van der Waals surface area (Å²) in [7, 11) is 0. The summed E-state index contributed by atoms with van der Waals surface area (Å²) in [4.78, 5) is 13.3. The van der Waals surface area contributed by atoms with E-state index in [1.54, 1.807) is 6.08 Å². The number of amidine groups is 1. The van der Waals surface area contributed by atoms with Crippen molar-refractivity contribution in [1.29, 1.82) is 0 Å². The van der Waals surface area contributed by atoms with Gasteiger partial charge >= 0.3 is 0 Å². The van der Waals surface area contributed by atoms with Crippen molar-refractivity contribution in [2.75, 3.05) is 0 Å². The van der Waals surface area contributed by atoms with Crippen molar-refractivity contribution < 1.29 is 4.79 Å². The predicted octanol–water partition coefficient (Wildman–Crippen LogP) is 2.46. The molecular formula is C12H20N2O. The lowest BCUT2D eigenvalue weighted by Crippen LogP contribution is -2.07. The molecule has 3 nitrogen and oxygen atoms in total. The Labute approximate surface area is 92.1 Å². The molecule has 84 valence electrons. The van der Waals surface area contributed by atoms with Gasteiger partial charge in [-0.05, 0) is 18.4 Å². The van der Waals surface area contributed by atoms with Crippen LogP contribution in [-0.2, 0) is 4.79 Å². The number of amides is 1. The molecule has 1 atom stereocenters. The second-order valence-electron chi connectivity index (χ2n) is 2.71. The number of allylic oxidation sites excluding steroid dienone is 3. The third-order valence-corrected chi connectivity index (χ3v) is 1.45. The lowest BCUT2D eigenvalue weighted by Gasteiger charge is -1.96. The minimum Gasteiger partial charge on any atom is -0.384 e. The summed E-state index contributed by atoms with van der Waals surface area (Å²) in [6.45, 7) is 10.1. The van der Waals surface area contributed by atoms with Crippen molar-refractivity contribution in [2.45, 2.75) is 20.3 Å². The first-order valence-corrected chi connectivity index (χ1v) is 4.82. The third kappa shape index (κ3) is 12.4. The molecule has 2 N–H and O–H groups in total. The Hall–Kier alpha value is -1.64. The second kappa shape index (κ2) is 12.4. The van der Waals surface area contributed by atoms with Crippen molar-refractivity contribution in [2.24, 2.45) is 16.6 Å². The van der Waals surface area contributed by atoms with E-state index in [-0.39, 0.29) is 5.84 Å². The molecule has 3 heteroatoms. The highest BCUT2D eigenvalue weighted by molar-refractivity contribution is 5.95. The van der Waals surface area contributed by atoms with Crippen LogP contribution in [0.4, 0.5) is 0 Å². The number of rotatable bonds is 5. The molecule has 0 rings (SSSR count). The number of nitrogens with two attached hydrogens (primary N) is 1. The molecule has 0 spiro atoms. The fourth-order valence-electron chi connectivity index (χ4n) is 0.769. The smallest absolute Gasteiger partial charge is 0.234 e. The lowest BCUT2D eigenvalue weighted by molar-refractivity contribution is -0.106. The summed E-state index contributed by atoms with van der Waals surface area (Å²) in [6.07, 6.45) is 9.16. The van der Waals surface area contributed by atoms with Gasteiger partial charge < -0.3 is 5.73 Å². The Morgan fingerprint density at radius 2 is 2.07 bits per heavy atom. The molecule has 15 heavy (non-hydrogen) atoms. The largest absolute Gasteiger partial charge is 0.384 e. The quantitative estimate of drug-likeness (QED) is 0.326. The van der Waals surface area contributed by atoms with E-state index in [2.05, 4.69) is 37.2 Å². The Balaban J connectivity index is 0. The third-order valence-electron chi connectivity index (χ3n) is 1.45. The van der Waals surface area contributed by atoms with E-state index in [0.717, 1.165) is 6.42 Å². The second-order valence-corrected chi connectivity index (χ2v) is 2.71. The molecule has 0 radical (unpaired) electrons. The number of carbonyl (C=O) groups excluding carboxylic acids is 1. The van der Waals surface area contributed by atoms with Gasteiger partial charge in [0, 0.05) is 0 Å². The highest BCUT2D eigenvalue weighted by Gasteiger charge is 1.89. The fourth-order valence-corrected chi connectivity index (χ4v) is 0.769. The van der Waals surface area contributed by atoms with Gasteiger partial charge in [-0.2, -0.15) is 4.99 Å². The highest BCUT2D eigenvalue weighted by atomic mass is 16.1. The summed E-state index contributed by atoms with van der Waals surface area (Å²) in [5, 5.41) is 0. The van der Waals surface area contributed by atoms with Crippen LogP contribution in [0.1, 0.15) is 20.3 Å². The van der Waals surface area contributed by atoms with Gasteiger partial charge in [0.25, 0.3) is 0 Å². The summed E-state index contributed by atoms with van der Waals surface area (Å²) in [5.74, 6) is 0.562. The van der Waals surface area contributed by atoms with Crippen molar-refractivity contribution in [3.63, 3.8) is 0 Å². The molecule has 0 heterocycles. The number of nitrogens with zero attached hydrogens (tertiary/aromatic N) is 1. The minimum absolute atomic E-state index is 0.242. The number of aliphatic imine (C=N–C) groups is 1. The summed E-state index contributed by atoms with van der Waals surface area (Å²) in [5.41, 5.74) is 5.37. The molecule has 0 bridgehead atoms. The van der Waals surface area contributed by atoms with Gasteiger partial charge in [0.1, 0.15) is 5.84 Å². The van der Waals surface area contributed by atoms with Crippen LogP contribution in [0.5, 0.6) is 0 Å². The molecule has 0 saturated heterocycles. The highest BCUT2D eigenvalue weighted by Crippen LogP contribution is 1.99. The van der Waals surface area contributed by atoms with Crippen LogP contribution in [0.15, 0.2) is 42.5 Å². The predicted molar refractivity (Wildman–Crippen MR) is 66.7 cm³/mol. The van der Waals surface area contributed by atoms with E-state index in [1.807, 2.05) is 13.0 Å². The van der Waals surface area contributed by atoms with E-state index < -0.39 is 0 Å². The first-order valence-electron chi connectivity index (χ1n) is 4.82. The maximum Gasteiger partial charge on any atom is 0.234 e. The number of hydrogen-bond donors (Lipinski definition) is 1. The van der Waals surface area contributed by atoms with Crippen molar-refractivity contribution in [1.82, 2.24) is 0 Å². The van der Waals surface area contributed by atoms with Crippen LogP contribution < -0.4 is 5.73 Å². The van der Waals surface area contributed by atoms with Crippen LogP contribution in [0.25, 0.3) is 0 Å². The van der Waals surface area contributed by atoms with Crippen molar-refractivity contribution in [3.05, 3.63) is 37.5 Å². The lowest BCUT2D eigenvalue weighted by atomic mass is 10.1. The van der Waals surface area contributed by atoms with Crippen LogP contribution in [0.3, 0.4) is 0 Å². The van der Waals surface area contributed by atoms with Gasteiger partial charge in [-0.25, -0.2) is 0 Å². The monoisotopic (exact) mass is 208 g/mol. The zero-order valence-corrected chi connectivity index (χ0v) is 9.52.